The van der Waals surface area contributed by atoms with Crippen LogP contribution in [0.4, 0.5) is 11.4 Å². The van der Waals surface area contributed by atoms with Crippen molar-refractivity contribution in [1.82, 2.24) is 14.9 Å². The van der Waals surface area contributed by atoms with Crippen molar-refractivity contribution in [3.8, 4) is 0 Å². The van der Waals surface area contributed by atoms with Gasteiger partial charge in [0.15, 0.2) is 0 Å². The van der Waals surface area contributed by atoms with Gasteiger partial charge in [-0.3, -0.25) is 14.9 Å². The van der Waals surface area contributed by atoms with Gasteiger partial charge < -0.3 is 10.6 Å². The van der Waals surface area contributed by atoms with Crippen molar-refractivity contribution in [2.24, 2.45) is 0 Å². The lowest BCUT2D eigenvalue weighted by Crippen LogP contribution is -2.34. The summed E-state index contributed by atoms with van der Waals surface area (Å²) in [5.74, 6) is 0. The Bertz CT molecular complexity index is 1250. The molecule has 0 aliphatic rings. The SMILES string of the molecule is CCCCCCCCCCCCN(CCNc1ccnc2cc(Cl)ccc12)CCNc1ccnc2cc(Cl)ccc12. The van der Waals surface area contributed by atoms with Crippen molar-refractivity contribution < 1.29 is 0 Å². The smallest absolute Gasteiger partial charge is 0.0737 e. The molecule has 4 rings (SSSR count). The number of rotatable bonds is 19. The number of unbranched alkanes of at least 4 members (excludes halogenated alkanes) is 9. The topological polar surface area (TPSA) is 53.1 Å². The minimum Gasteiger partial charge on any atom is -0.383 e. The molecule has 0 aliphatic heterocycles. The summed E-state index contributed by atoms with van der Waals surface area (Å²) in [6.07, 6.45) is 17.2. The largest absolute Gasteiger partial charge is 0.383 e. The third-order valence-corrected chi connectivity index (χ3v) is 8.19. The number of hydrogen-bond acceptors (Lipinski definition) is 5. The Balaban J connectivity index is 1.27. The Hall–Kier alpha value is -2.60. The number of pyridine rings is 2. The normalized spacial score (nSPS) is 11.5. The molecule has 220 valence electrons. The molecule has 2 aromatic carbocycles. The first-order valence-electron chi connectivity index (χ1n) is 15.4. The van der Waals surface area contributed by atoms with Crippen LogP contribution in [-0.2, 0) is 0 Å². The van der Waals surface area contributed by atoms with Gasteiger partial charge in [-0.15, -0.1) is 0 Å². The Morgan fingerprint density at radius 3 is 1.54 bits per heavy atom. The van der Waals surface area contributed by atoms with Crippen LogP contribution >= 0.6 is 23.2 Å². The molecule has 4 aromatic rings. The lowest BCUT2D eigenvalue weighted by Gasteiger charge is -2.23. The van der Waals surface area contributed by atoms with Gasteiger partial charge in [-0.2, -0.15) is 0 Å². The van der Waals surface area contributed by atoms with E-state index in [2.05, 4.69) is 32.4 Å². The van der Waals surface area contributed by atoms with E-state index >= 15 is 0 Å². The molecule has 0 radical (unpaired) electrons. The van der Waals surface area contributed by atoms with Gasteiger partial charge in [-0.1, -0.05) is 87.9 Å². The van der Waals surface area contributed by atoms with Crippen LogP contribution in [0, 0.1) is 0 Å². The highest BCUT2D eigenvalue weighted by Gasteiger charge is 2.08. The minimum atomic E-state index is 0.711. The van der Waals surface area contributed by atoms with Gasteiger partial charge in [0.1, 0.15) is 0 Å². The number of aromatic nitrogens is 2. The van der Waals surface area contributed by atoms with E-state index in [4.69, 9.17) is 23.2 Å². The van der Waals surface area contributed by atoms with Crippen molar-refractivity contribution in [1.29, 1.82) is 0 Å². The minimum absolute atomic E-state index is 0.711. The molecule has 0 amide bonds. The average Bonchev–Trinajstić information content (AvgIpc) is 2.97. The number of hydrogen-bond donors (Lipinski definition) is 2. The fraction of sp³-hybridized carbons (Fsp3) is 0.471. The van der Waals surface area contributed by atoms with Crippen LogP contribution in [0.1, 0.15) is 71.1 Å². The maximum atomic E-state index is 6.18. The second kappa shape index (κ2) is 17.4. The van der Waals surface area contributed by atoms with Crippen molar-refractivity contribution in [2.75, 3.05) is 43.4 Å². The summed E-state index contributed by atoms with van der Waals surface area (Å²) in [4.78, 5) is 11.5. The lowest BCUT2D eigenvalue weighted by atomic mass is 10.1. The molecule has 0 spiro atoms. The molecule has 0 atom stereocenters. The Morgan fingerprint density at radius 1 is 0.585 bits per heavy atom. The number of halogens is 2. The molecule has 0 saturated heterocycles. The highest BCUT2D eigenvalue weighted by atomic mass is 35.5. The van der Waals surface area contributed by atoms with Gasteiger partial charge >= 0.3 is 0 Å². The third-order valence-electron chi connectivity index (χ3n) is 7.72. The van der Waals surface area contributed by atoms with Crippen molar-refractivity contribution in [3.05, 3.63) is 71.0 Å². The molecule has 7 heteroatoms. The molecular weight excluding hydrogens is 549 g/mol. The van der Waals surface area contributed by atoms with E-state index < -0.39 is 0 Å². The fourth-order valence-electron chi connectivity index (χ4n) is 5.41. The second-order valence-corrected chi connectivity index (χ2v) is 11.8. The van der Waals surface area contributed by atoms with Crippen molar-refractivity contribution in [3.63, 3.8) is 0 Å². The zero-order chi connectivity index (χ0) is 28.7. The van der Waals surface area contributed by atoms with E-state index in [9.17, 15) is 0 Å². The van der Waals surface area contributed by atoms with Crippen LogP contribution in [-0.4, -0.2) is 47.6 Å². The van der Waals surface area contributed by atoms with E-state index in [1.54, 1.807) is 0 Å². The molecule has 2 aromatic heterocycles. The van der Waals surface area contributed by atoms with E-state index in [-0.39, 0.29) is 0 Å². The van der Waals surface area contributed by atoms with Crippen molar-refractivity contribution in [2.45, 2.75) is 71.1 Å². The number of benzene rings is 2. The molecule has 41 heavy (non-hydrogen) atoms. The molecule has 2 heterocycles. The summed E-state index contributed by atoms with van der Waals surface area (Å²) in [7, 11) is 0. The molecule has 0 unspecified atom stereocenters. The number of nitrogens with zero attached hydrogens (tertiary/aromatic N) is 3. The zero-order valence-corrected chi connectivity index (χ0v) is 26.0. The van der Waals surface area contributed by atoms with Gasteiger partial charge in [-0.25, -0.2) is 0 Å². The molecule has 0 bridgehead atoms. The maximum Gasteiger partial charge on any atom is 0.0737 e. The predicted molar refractivity (Wildman–Crippen MR) is 179 cm³/mol. The fourth-order valence-corrected chi connectivity index (χ4v) is 5.74. The van der Waals surface area contributed by atoms with E-state index in [1.807, 2.05) is 60.9 Å². The maximum absolute atomic E-state index is 6.18. The summed E-state index contributed by atoms with van der Waals surface area (Å²) < 4.78 is 0. The van der Waals surface area contributed by atoms with Gasteiger partial charge in [-0.05, 0) is 61.5 Å². The van der Waals surface area contributed by atoms with Crippen LogP contribution in [0.25, 0.3) is 21.8 Å². The third kappa shape index (κ3) is 10.3. The first kappa shape index (κ1) is 31.3. The molecule has 5 nitrogen and oxygen atoms in total. The van der Waals surface area contributed by atoms with Crippen LogP contribution in [0.15, 0.2) is 60.9 Å². The van der Waals surface area contributed by atoms with Gasteiger partial charge in [0.05, 0.1) is 11.0 Å². The van der Waals surface area contributed by atoms with Crippen LogP contribution in [0.3, 0.4) is 0 Å². The van der Waals surface area contributed by atoms with Crippen LogP contribution in [0.2, 0.25) is 10.0 Å². The predicted octanol–water partition coefficient (Wildman–Crippen LogP) is 9.84. The van der Waals surface area contributed by atoms with Crippen LogP contribution < -0.4 is 10.6 Å². The number of nitrogens with one attached hydrogen (secondary N) is 2. The summed E-state index contributed by atoms with van der Waals surface area (Å²) in [6.45, 7) is 7.09. The molecular formula is C34H45Cl2N5. The Kier molecular flexibility index (Phi) is 13.3. The molecule has 0 saturated carbocycles. The monoisotopic (exact) mass is 593 g/mol. The highest BCUT2D eigenvalue weighted by molar-refractivity contribution is 6.31. The summed E-state index contributed by atoms with van der Waals surface area (Å²) >= 11 is 12.4. The summed E-state index contributed by atoms with van der Waals surface area (Å²) in [5, 5.41) is 10.9. The van der Waals surface area contributed by atoms with Crippen LogP contribution in [0.5, 0.6) is 0 Å². The Morgan fingerprint density at radius 2 is 1.05 bits per heavy atom. The highest BCUT2D eigenvalue weighted by Crippen LogP contribution is 2.25. The Labute approximate surface area is 256 Å². The summed E-state index contributed by atoms with van der Waals surface area (Å²) in [6, 6.07) is 15.9. The summed E-state index contributed by atoms with van der Waals surface area (Å²) in [5.41, 5.74) is 4.04. The molecule has 2 N–H and O–H groups in total. The van der Waals surface area contributed by atoms with E-state index in [0.29, 0.717) is 10.0 Å². The molecule has 0 fully saturated rings. The average molecular weight is 595 g/mol. The number of anilines is 2. The second-order valence-electron chi connectivity index (χ2n) is 10.9. The van der Waals surface area contributed by atoms with Gasteiger partial charge in [0.2, 0.25) is 0 Å². The zero-order valence-electron chi connectivity index (χ0n) is 24.5. The molecule has 0 aliphatic carbocycles. The first-order valence-corrected chi connectivity index (χ1v) is 16.2. The number of fused-ring (bicyclic) bond motifs is 2. The standard InChI is InChI=1S/C34H45Cl2N5/c1-2-3-4-5-6-7-8-9-10-11-22-41(23-20-39-31-16-18-37-33-25-27(35)12-14-29(31)33)24-21-40-32-17-19-38-34-26-28(36)13-15-30(32)34/h12-19,25-26H,2-11,20-24H2,1H3,(H,37,39)(H,38,40). The lowest BCUT2D eigenvalue weighted by molar-refractivity contribution is 0.286. The van der Waals surface area contributed by atoms with E-state index in [0.717, 1.165) is 65.9 Å². The van der Waals surface area contributed by atoms with Gasteiger partial charge in [0.25, 0.3) is 0 Å². The van der Waals surface area contributed by atoms with Gasteiger partial charge in [0, 0.05) is 70.8 Å². The van der Waals surface area contributed by atoms with E-state index in [1.165, 1.54) is 64.2 Å². The van der Waals surface area contributed by atoms with Crippen molar-refractivity contribution >= 4 is 56.4 Å². The first-order chi connectivity index (χ1) is 20.1. The quantitative estimate of drug-likeness (QED) is 0.106.